The lowest BCUT2D eigenvalue weighted by Gasteiger charge is -2.15. The third kappa shape index (κ3) is 4.55. The second-order valence-corrected chi connectivity index (χ2v) is 9.76. The minimum atomic E-state index is -3.42. The monoisotopic (exact) mass is 438 g/mol. The molecule has 0 radical (unpaired) electrons. The van der Waals surface area contributed by atoms with E-state index in [9.17, 15) is 13.2 Å². The van der Waals surface area contributed by atoms with Gasteiger partial charge in [-0.2, -0.15) is 9.40 Å². The van der Waals surface area contributed by atoms with Crippen LogP contribution in [0.5, 0.6) is 0 Å². The van der Waals surface area contributed by atoms with Crippen LogP contribution in [0.25, 0.3) is 5.69 Å². The van der Waals surface area contributed by atoms with Gasteiger partial charge in [-0.15, -0.1) is 0 Å². The van der Waals surface area contributed by atoms with Gasteiger partial charge >= 0.3 is 0 Å². The molecule has 1 N–H and O–H groups in total. The van der Waals surface area contributed by atoms with Crippen LogP contribution in [0, 0.1) is 13.8 Å². The Morgan fingerprint density at radius 3 is 2.23 bits per heavy atom. The van der Waals surface area contributed by atoms with E-state index in [4.69, 9.17) is 0 Å². The molecule has 162 valence electrons. The number of hydrogen-bond donors (Lipinski definition) is 1. The summed E-state index contributed by atoms with van der Waals surface area (Å²) >= 11 is 0. The first-order valence-corrected chi connectivity index (χ1v) is 11.8. The van der Waals surface area contributed by atoms with Gasteiger partial charge in [-0.05, 0) is 74.7 Å². The van der Waals surface area contributed by atoms with Gasteiger partial charge in [0, 0.05) is 30.9 Å². The molecule has 7 nitrogen and oxygen atoms in total. The zero-order valence-corrected chi connectivity index (χ0v) is 18.5. The van der Waals surface area contributed by atoms with E-state index in [0.29, 0.717) is 30.1 Å². The quantitative estimate of drug-likeness (QED) is 0.641. The number of carbonyl (C=O) groups excluding carboxylic acids is 1. The summed E-state index contributed by atoms with van der Waals surface area (Å²) in [6, 6.07) is 16.0. The second kappa shape index (κ2) is 8.64. The standard InChI is InChI=1S/C23H26N4O3S/c1-17-15-18(2)27(25-17)21-9-7-20(8-10-21)23(28)24-16-19-5-11-22(12-6-19)31(29,30)26-13-3-4-14-26/h5-12,15H,3-4,13-14,16H2,1-2H3,(H,24,28). The topological polar surface area (TPSA) is 84.3 Å². The number of sulfonamides is 1. The van der Waals surface area contributed by atoms with Crippen molar-refractivity contribution >= 4 is 15.9 Å². The molecule has 1 aliphatic rings. The number of amides is 1. The SMILES string of the molecule is Cc1cc(C)n(-c2ccc(C(=O)NCc3ccc(S(=O)(=O)N4CCCC4)cc3)cc2)n1. The number of hydrogen-bond acceptors (Lipinski definition) is 4. The maximum absolute atomic E-state index is 12.6. The summed E-state index contributed by atoms with van der Waals surface area (Å²) in [5.74, 6) is -0.186. The van der Waals surface area contributed by atoms with Gasteiger partial charge in [0.2, 0.25) is 10.0 Å². The highest BCUT2D eigenvalue weighted by Crippen LogP contribution is 2.21. The Morgan fingerprint density at radius 2 is 1.65 bits per heavy atom. The fourth-order valence-electron chi connectivity index (χ4n) is 3.79. The molecule has 1 amide bonds. The largest absolute Gasteiger partial charge is 0.348 e. The predicted molar refractivity (Wildman–Crippen MR) is 119 cm³/mol. The van der Waals surface area contributed by atoms with E-state index in [2.05, 4.69) is 10.4 Å². The zero-order chi connectivity index (χ0) is 22.0. The molecule has 0 spiro atoms. The molecule has 0 aliphatic carbocycles. The molecule has 1 fully saturated rings. The summed E-state index contributed by atoms with van der Waals surface area (Å²) in [6.45, 7) is 5.42. The van der Waals surface area contributed by atoms with Crippen LogP contribution in [-0.2, 0) is 16.6 Å². The van der Waals surface area contributed by atoms with E-state index in [1.807, 2.05) is 36.7 Å². The van der Waals surface area contributed by atoms with Crippen LogP contribution < -0.4 is 5.32 Å². The number of aromatic nitrogens is 2. The first kappa shape index (κ1) is 21.3. The van der Waals surface area contributed by atoms with Gasteiger partial charge in [0.25, 0.3) is 5.91 Å². The fourth-order valence-corrected chi connectivity index (χ4v) is 5.30. The van der Waals surface area contributed by atoms with Crippen LogP contribution in [0.15, 0.2) is 59.5 Å². The van der Waals surface area contributed by atoms with Crippen molar-refractivity contribution in [2.24, 2.45) is 0 Å². The lowest BCUT2D eigenvalue weighted by molar-refractivity contribution is 0.0951. The van der Waals surface area contributed by atoms with Crippen LogP contribution in [0.2, 0.25) is 0 Å². The Bertz CT molecular complexity index is 1180. The number of nitrogens with zero attached hydrogens (tertiary/aromatic N) is 3. The predicted octanol–water partition coefficient (Wildman–Crippen LogP) is 3.20. The van der Waals surface area contributed by atoms with Crippen molar-refractivity contribution in [1.82, 2.24) is 19.4 Å². The summed E-state index contributed by atoms with van der Waals surface area (Å²) < 4.78 is 28.6. The molecular formula is C23H26N4O3S. The molecule has 0 unspecified atom stereocenters. The first-order valence-electron chi connectivity index (χ1n) is 10.4. The van der Waals surface area contributed by atoms with Gasteiger partial charge in [0.05, 0.1) is 16.3 Å². The molecule has 2 aromatic carbocycles. The van der Waals surface area contributed by atoms with E-state index in [1.165, 1.54) is 4.31 Å². The smallest absolute Gasteiger partial charge is 0.251 e. The van der Waals surface area contributed by atoms with E-state index < -0.39 is 10.0 Å². The summed E-state index contributed by atoms with van der Waals surface area (Å²) in [4.78, 5) is 12.8. The number of benzene rings is 2. The minimum absolute atomic E-state index is 0.186. The minimum Gasteiger partial charge on any atom is -0.348 e. The Hall–Kier alpha value is -2.97. The van der Waals surface area contributed by atoms with Crippen molar-refractivity contribution in [2.75, 3.05) is 13.1 Å². The van der Waals surface area contributed by atoms with Crippen LogP contribution in [0.1, 0.15) is 40.2 Å². The highest BCUT2D eigenvalue weighted by atomic mass is 32.2. The van der Waals surface area contributed by atoms with E-state index in [1.54, 1.807) is 36.4 Å². The van der Waals surface area contributed by atoms with Crippen molar-refractivity contribution < 1.29 is 13.2 Å². The molecule has 4 rings (SSSR count). The van der Waals surface area contributed by atoms with Crippen LogP contribution in [-0.4, -0.2) is 41.5 Å². The third-order valence-electron chi connectivity index (χ3n) is 5.46. The average molecular weight is 439 g/mol. The van der Waals surface area contributed by atoms with Crippen LogP contribution in [0.4, 0.5) is 0 Å². The van der Waals surface area contributed by atoms with Crippen molar-refractivity contribution in [2.45, 2.75) is 38.1 Å². The van der Waals surface area contributed by atoms with E-state index in [0.717, 1.165) is 35.5 Å². The van der Waals surface area contributed by atoms with Gasteiger partial charge in [0.15, 0.2) is 0 Å². The Balaban J connectivity index is 1.38. The van der Waals surface area contributed by atoms with Gasteiger partial charge in [0.1, 0.15) is 0 Å². The number of carbonyl (C=O) groups is 1. The van der Waals surface area contributed by atoms with Gasteiger partial charge in [-0.3, -0.25) is 4.79 Å². The van der Waals surface area contributed by atoms with E-state index >= 15 is 0 Å². The molecule has 2 heterocycles. The first-order chi connectivity index (χ1) is 14.8. The molecular weight excluding hydrogens is 412 g/mol. The van der Waals surface area contributed by atoms with Gasteiger partial charge in [-0.1, -0.05) is 12.1 Å². The van der Waals surface area contributed by atoms with Crippen molar-refractivity contribution in [3.8, 4) is 5.69 Å². The summed E-state index contributed by atoms with van der Waals surface area (Å²) in [5, 5.41) is 7.33. The normalized spacial score (nSPS) is 14.6. The highest BCUT2D eigenvalue weighted by Gasteiger charge is 2.26. The third-order valence-corrected chi connectivity index (χ3v) is 7.38. The lowest BCUT2D eigenvalue weighted by atomic mass is 10.1. The fraction of sp³-hybridized carbons (Fsp3) is 0.304. The molecule has 8 heteroatoms. The Kier molecular flexibility index (Phi) is 5.93. The average Bonchev–Trinajstić information content (AvgIpc) is 3.42. The summed E-state index contributed by atoms with van der Waals surface area (Å²) in [5.41, 5.74) is 4.27. The zero-order valence-electron chi connectivity index (χ0n) is 17.7. The summed E-state index contributed by atoms with van der Waals surface area (Å²) in [6.07, 6.45) is 1.82. The molecule has 0 saturated carbocycles. The number of aryl methyl sites for hydroxylation is 2. The maximum Gasteiger partial charge on any atom is 0.251 e. The number of rotatable bonds is 6. The Morgan fingerprint density at radius 1 is 1.00 bits per heavy atom. The van der Waals surface area contributed by atoms with Crippen molar-refractivity contribution in [3.63, 3.8) is 0 Å². The number of nitrogens with one attached hydrogen (secondary N) is 1. The van der Waals surface area contributed by atoms with Gasteiger partial charge in [-0.25, -0.2) is 13.1 Å². The summed E-state index contributed by atoms with van der Waals surface area (Å²) in [7, 11) is -3.42. The molecule has 1 aromatic heterocycles. The lowest BCUT2D eigenvalue weighted by Crippen LogP contribution is -2.28. The molecule has 1 aliphatic heterocycles. The second-order valence-electron chi connectivity index (χ2n) is 7.82. The van der Waals surface area contributed by atoms with Crippen LogP contribution in [0.3, 0.4) is 0 Å². The van der Waals surface area contributed by atoms with Gasteiger partial charge < -0.3 is 5.32 Å². The highest BCUT2D eigenvalue weighted by molar-refractivity contribution is 7.89. The molecule has 31 heavy (non-hydrogen) atoms. The molecule has 0 atom stereocenters. The van der Waals surface area contributed by atoms with Crippen molar-refractivity contribution in [3.05, 3.63) is 77.1 Å². The van der Waals surface area contributed by atoms with Crippen molar-refractivity contribution in [1.29, 1.82) is 0 Å². The van der Waals surface area contributed by atoms with E-state index in [-0.39, 0.29) is 5.91 Å². The maximum atomic E-state index is 12.6. The molecule has 1 saturated heterocycles. The Labute approximate surface area is 182 Å². The molecule has 0 bridgehead atoms. The van der Waals surface area contributed by atoms with Crippen LogP contribution >= 0.6 is 0 Å². The molecule has 3 aromatic rings.